The van der Waals surface area contributed by atoms with Gasteiger partial charge in [-0.3, -0.25) is 10.1 Å². The lowest BCUT2D eigenvalue weighted by Gasteiger charge is -2.14. The normalized spacial score (nSPS) is 11.9. The van der Waals surface area contributed by atoms with Crippen LogP contribution in [0.25, 0.3) is 0 Å². The van der Waals surface area contributed by atoms with Crippen molar-refractivity contribution in [3.63, 3.8) is 0 Å². The minimum Gasteiger partial charge on any atom is -0.449 e. The van der Waals surface area contributed by atoms with E-state index in [2.05, 4.69) is 0 Å². The van der Waals surface area contributed by atoms with Gasteiger partial charge >= 0.3 is 5.69 Å². The third kappa shape index (κ3) is 2.78. The molecule has 0 aliphatic heterocycles. The number of para-hydroxylation sites is 2. The minimum absolute atomic E-state index is 0.0514. The smallest absolute Gasteiger partial charge is 0.311 e. The first-order valence-electron chi connectivity index (χ1n) is 6.27. The fourth-order valence-corrected chi connectivity index (χ4v) is 1.97. The monoisotopic (exact) mass is 272 g/mol. The van der Waals surface area contributed by atoms with E-state index in [4.69, 9.17) is 10.5 Å². The van der Waals surface area contributed by atoms with Crippen LogP contribution in [0.1, 0.15) is 24.1 Å². The molecule has 0 saturated heterocycles. The van der Waals surface area contributed by atoms with Gasteiger partial charge in [0.1, 0.15) is 5.75 Å². The van der Waals surface area contributed by atoms with E-state index >= 15 is 0 Å². The van der Waals surface area contributed by atoms with Gasteiger partial charge in [0.15, 0.2) is 0 Å². The highest BCUT2D eigenvalue weighted by molar-refractivity contribution is 5.54. The summed E-state index contributed by atoms with van der Waals surface area (Å²) >= 11 is 0. The Morgan fingerprint density at radius 3 is 2.55 bits per heavy atom. The Morgan fingerprint density at radius 2 is 1.90 bits per heavy atom. The third-order valence-corrected chi connectivity index (χ3v) is 3.01. The average molecular weight is 272 g/mol. The van der Waals surface area contributed by atoms with Gasteiger partial charge in [0.05, 0.1) is 4.92 Å². The predicted molar refractivity (Wildman–Crippen MR) is 77.0 cm³/mol. The summed E-state index contributed by atoms with van der Waals surface area (Å²) in [4.78, 5) is 10.6. The SMILES string of the molecule is Cc1cccc([N+](=O)[O-])c1Oc1ccccc1[C@H](C)N. The van der Waals surface area contributed by atoms with Crippen LogP contribution >= 0.6 is 0 Å². The molecule has 1 atom stereocenters. The maximum Gasteiger partial charge on any atom is 0.311 e. The molecule has 0 aliphatic rings. The predicted octanol–water partition coefficient (Wildman–Crippen LogP) is 3.72. The lowest BCUT2D eigenvalue weighted by Crippen LogP contribution is -2.07. The summed E-state index contributed by atoms with van der Waals surface area (Å²) in [6, 6.07) is 11.9. The summed E-state index contributed by atoms with van der Waals surface area (Å²) in [5, 5.41) is 11.1. The molecule has 20 heavy (non-hydrogen) atoms. The standard InChI is InChI=1S/C15H16N2O3/c1-10-6-5-8-13(17(18)19)15(10)20-14-9-4-3-7-12(14)11(2)16/h3-9,11H,16H2,1-2H3/t11-/m0/s1. The van der Waals surface area contributed by atoms with Gasteiger partial charge in [0.2, 0.25) is 5.75 Å². The number of nitrogens with two attached hydrogens (primary N) is 1. The number of nitro groups is 1. The number of rotatable bonds is 4. The zero-order valence-electron chi connectivity index (χ0n) is 11.4. The molecule has 2 N–H and O–H groups in total. The first kappa shape index (κ1) is 14.0. The first-order chi connectivity index (χ1) is 9.50. The number of ether oxygens (including phenoxy) is 1. The fraction of sp³-hybridized carbons (Fsp3) is 0.200. The molecule has 0 saturated carbocycles. The van der Waals surface area contributed by atoms with Crippen LogP contribution in [0, 0.1) is 17.0 Å². The highest BCUT2D eigenvalue weighted by Gasteiger charge is 2.19. The van der Waals surface area contributed by atoms with E-state index < -0.39 is 4.92 Å². The first-order valence-corrected chi connectivity index (χ1v) is 6.27. The molecule has 0 amide bonds. The second kappa shape index (κ2) is 5.71. The number of hydrogen-bond donors (Lipinski definition) is 1. The van der Waals surface area contributed by atoms with E-state index in [0.29, 0.717) is 11.3 Å². The van der Waals surface area contributed by atoms with Gasteiger partial charge in [-0.05, 0) is 25.5 Å². The number of nitrogens with zero attached hydrogens (tertiary/aromatic N) is 1. The molecule has 0 spiro atoms. The number of nitro benzene ring substituents is 1. The lowest BCUT2D eigenvalue weighted by atomic mass is 10.1. The van der Waals surface area contributed by atoms with E-state index in [1.165, 1.54) is 6.07 Å². The van der Waals surface area contributed by atoms with E-state index in [1.807, 2.05) is 25.1 Å². The molecule has 2 aromatic rings. The molecule has 104 valence electrons. The Hall–Kier alpha value is -2.40. The number of benzene rings is 2. The molecule has 5 heteroatoms. The maximum atomic E-state index is 11.1. The Morgan fingerprint density at radius 1 is 1.20 bits per heavy atom. The molecule has 0 heterocycles. The van der Waals surface area contributed by atoms with Crippen LogP contribution in [0.5, 0.6) is 11.5 Å². The Bertz CT molecular complexity index is 639. The van der Waals surface area contributed by atoms with Crippen molar-refractivity contribution in [3.05, 3.63) is 63.7 Å². The zero-order valence-corrected chi connectivity index (χ0v) is 11.4. The van der Waals surface area contributed by atoms with Crippen molar-refractivity contribution in [2.24, 2.45) is 5.73 Å². The largest absolute Gasteiger partial charge is 0.449 e. The van der Waals surface area contributed by atoms with Gasteiger partial charge < -0.3 is 10.5 Å². The molecule has 2 aromatic carbocycles. The van der Waals surface area contributed by atoms with Crippen LogP contribution in [-0.2, 0) is 0 Å². The van der Waals surface area contributed by atoms with Crippen molar-refractivity contribution >= 4 is 5.69 Å². The summed E-state index contributed by atoms with van der Waals surface area (Å²) in [6.45, 7) is 3.62. The van der Waals surface area contributed by atoms with Crippen LogP contribution < -0.4 is 10.5 Å². The maximum absolute atomic E-state index is 11.1. The minimum atomic E-state index is -0.448. The van der Waals surface area contributed by atoms with Crippen LogP contribution in [0.3, 0.4) is 0 Å². The molecule has 0 aromatic heterocycles. The van der Waals surface area contributed by atoms with Crippen molar-refractivity contribution in [1.82, 2.24) is 0 Å². The average Bonchev–Trinajstić information content (AvgIpc) is 2.41. The highest BCUT2D eigenvalue weighted by atomic mass is 16.6. The van der Waals surface area contributed by atoms with Crippen LogP contribution in [0.15, 0.2) is 42.5 Å². The topological polar surface area (TPSA) is 78.4 Å². The van der Waals surface area contributed by atoms with Crippen LogP contribution in [0.4, 0.5) is 5.69 Å². The van der Waals surface area contributed by atoms with E-state index in [1.54, 1.807) is 25.1 Å². The Kier molecular flexibility index (Phi) is 4.00. The van der Waals surface area contributed by atoms with Crippen LogP contribution in [-0.4, -0.2) is 4.92 Å². The van der Waals surface area contributed by atoms with Gasteiger partial charge in [-0.2, -0.15) is 0 Å². The second-order valence-corrected chi connectivity index (χ2v) is 4.61. The molecular formula is C15H16N2O3. The van der Waals surface area contributed by atoms with Crippen molar-refractivity contribution in [2.75, 3.05) is 0 Å². The summed E-state index contributed by atoms with van der Waals surface area (Å²) in [5.41, 5.74) is 7.36. The van der Waals surface area contributed by atoms with Gasteiger partial charge in [-0.15, -0.1) is 0 Å². The highest BCUT2D eigenvalue weighted by Crippen LogP contribution is 2.36. The number of aryl methyl sites for hydroxylation is 1. The van der Waals surface area contributed by atoms with Crippen molar-refractivity contribution in [2.45, 2.75) is 19.9 Å². The Labute approximate surface area is 117 Å². The molecule has 0 unspecified atom stereocenters. The molecule has 0 fully saturated rings. The van der Waals surface area contributed by atoms with Crippen molar-refractivity contribution in [1.29, 1.82) is 0 Å². The summed E-state index contributed by atoms with van der Waals surface area (Å²) < 4.78 is 5.77. The van der Waals surface area contributed by atoms with Gasteiger partial charge in [-0.25, -0.2) is 0 Å². The second-order valence-electron chi connectivity index (χ2n) is 4.61. The zero-order chi connectivity index (χ0) is 14.7. The van der Waals surface area contributed by atoms with Gasteiger partial charge in [0.25, 0.3) is 0 Å². The van der Waals surface area contributed by atoms with E-state index in [0.717, 1.165) is 5.56 Å². The van der Waals surface area contributed by atoms with E-state index in [-0.39, 0.29) is 17.5 Å². The third-order valence-electron chi connectivity index (χ3n) is 3.01. The molecule has 0 bridgehead atoms. The summed E-state index contributed by atoms with van der Waals surface area (Å²) in [5.74, 6) is 0.797. The van der Waals surface area contributed by atoms with E-state index in [9.17, 15) is 10.1 Å². The summed E-state index contributed by atoms with van der Waals surface area (Å²) in [6.07, 6.45) is 0. The lowest BCUT2D eigenvalue weighted by molar-refractivity contribution is -0.385. The van der Waals surface area contributed by atoms with Crippen LogP contribution in [0.2, 0.25) is 0 Å². The van der Waals surface area contributed by atoms with Gasteiger partial charge in [-0.1, -0.05) is 30.3 Å². The summed E-state index contributed by atoms with van der Waals surface area (Å²) in [7, 11) is 0. The fourth-order valence-electron chi connectivity index (χ4n) is 1.97. The number of hydrogen-bond acceptors (Lipinski definition) is 4. The molecular weight excluding hydrogens is 256 g/mol. The molecule has 5 nitrogen and oxygen atoms in total. The quantitative estimate of drug-likeness (QED) is 0.679. The molecule has 2 rings (SSSR count). The molecule has 0 aliphatic carbocycles. The van der Waals surface area contributed by atoms with Gasteiger partial charge in [0, 0.05) is 17.7 Å². The Balaban J connectivity index is 2.48. The van der Waals surface area contributed by atoms with Crippen molar-refractivity contribution < 1.29 is 9.66 Å². The molecule has 0 radical (unpaired) electrons. The van der Waals surface area contributed by atoms with Crippen molar-refractivity contribution in [3.8, 4) is 11.5 Å².